The Hall–Kier alpha value is -1.86. The number of hydrazine groups is 1. The van der Waals surface area contributed by atoms with Gasteiger partial charge in [-0.15, -0.1) is 0 Å². The van der Waals surface area contributed by atoms with Gasteiger partial charge in [-0.2, -0.15) is 0 Å². The highest BCUT2D eigenvalue weighted by atomic mass is 16.5. The first-order chi connectivity index (χ1) is 9.20. The maximum absolute atomic E-state index is 5.75. The Balaban J connectivity index is 1.85. The summed E-state index contributed by atoms with van der Waals surface area (Å²) < 4.78 is 7.63. The summed E-state index contributed by atoms with van der Waals surface area (Å²) in [5.74, 6) is 6.72. The Morgan fingerprint density at radius 2 is 2.47 bits per heavy atom. The van der Waals surface area contributed by atoms with E-state index in [1.807, 2.05) is 10.6 Å². The molecule has 3 rings (SSSR count). The Labute approximate surface area is 111 Å². The SMILES string of the molecule is CC1(CNc2nc(NN)cn3ccnc23)CCCO1. The first-order valence-corrected chi connectivity index (χ1v) is 6.38. The molecule has 0 spiro atoms. The maximum atomic E-state index is 5.75. The molecule has 1 unspecified atom stereocenters. The number of fused-ring (bicyclic) bond motifs is 1. The molecule has 1 atom stereocenters. The molecule has 7 nitrogen and oxygen atoms in total. The summed E-state index contributed by atoms with van der Waals surface area (Å²) in [6.07, 6.45) is 7.54. The molecule has 0 bridgehead atoms. The van der Waals surface area contributed by atoms with Gasteiger partial charge in [0.2, 0.25) is 0 Å². The molecular weight excluding hydrogens is 244 g/mol. The number of anilines is 2. The lowest BCUT2D eigenvalue weighted by molar-refractivity contribution is 0.0315. The van der Waals surface area contributed by atoms with Crippen LogP contribution in [0.1, 0.15) is 19.8 Å². The van der Waals surface area contributed by atoms with Gasteiger partial charge in [0.1, 0.15) is 0 Å². The highest BCUT2D eigenvalue weighted by Crippen LogP contribution is 2.26. The maximum Gasteiger partial charge on any atom is 0.180 e. The second-order valence-electron chi connectivity index (χ2n) is 5.03. The molecule has 2 aromatic rings. The van der Waals surface area contributed by atoms with E-state index in [1.165, 1.54) is 0 Å². The molecule has 2 aromatic heterocycles. The molecule has 19 heavy (non-hydrogen) atoms. The van der Waals surface area contributed by atoms with E-state index in [2.05, 4.69) is 27.6 Å². The number of ether oxygens (including phenoxy) is 1. The van der Waals surface area contributed by atoms with Crippen molar-refractivity contribution < 1.29 is 4.74 Å². The van der Waals surface area contributed by atoms with E-state index in [4.69, 9.17) is 10.6 Å². The topological polar surface area (TPSA) is 89.5 Å². The molecule has 1 aliphatic rings. The van der Waals surface area contributed by atoms with Crippen molar-refractivity contribution in [2.24, 2.45) is 5.84 Å². The average Bonchev–Trinajstić information content (AvgIpc) is 3.04. The van der Waals surface area contributed by atoms with Crippen molar-refractivity contribution in [3.63, 3.8) is 0 Å². The number of hydrogen-bond donors (Lipinski definition) is 3. The predicted octanol–water partition coefficient (Wildman–Crippen LogP) is 0.996. The minimum absolute atomic E-state index is 0.128. The summed E-state index contributed by atoms with van der Waals surface area (Å²) in [7, 11) is 0. The van der Waals surface area contributed by atoms with Gasteiger partial charge in [-0.05, 0) is 19.8 Å². The third-order valence-corrected chi connectivity index (χ3v) is 3.45. The summed E-state index contributed by atoms with van der Waals surface area (Å²) in [6.45, 7) is 3.64. The van der Waals surface area contributed by atoms with Crippen molar-refractivity contribution in [1.82, 2.24) is 14.4 Å². The molecule has 1 aliphatic heterocycles. The van der Waals surface area contributed by atoms with Gasteiger partial charge >= 0.3 is 0 Å². The lowest BCUT2D eigenvalue weighted by atomic mass is 10.0. The van der Waals surface area contributed by atoms with Crippen LogP contribution in [-0.2, 0) is 4.74 Å². The van der Waals surface area contributed by atoms with E-state index in [9.17, 15) is 0 Å². The first-order valence-electron chi connectivity index (χ1n) is 6.38. The van der Waals surface area contributed by atoms with Crippen LogP contribution in [0.25, 0.3) is 5.65 Å². The fourth-order valence-corrected chi connectivity index (χ4v) is 2.37. The molecule has 0 aliphatic carbocycles. The third kappa shape index (κ3) is 2.34. The number of imidazole rings is 1. The highest BCUT2D eigenvalue weighted by Gasteiger charge is 2.29. The molecule has 1 fully saturated rings. The van der Waals surface area contributed by atoms with E-state index in [0.29, 0.717) is 18.2 Å². The minimum Gasteiger partial charge on any atom is -0.373 e. The lowest BCUT2D eigenvalue weighted by Gasteiger charge is -2.23. The number of nitrogen functional groups attached to an aromatic ring is 1. The van der Waals surface area contributed by atoms with Gasteiger partial charge in [0.25, 0.3) is 0 Å². The van der Waals surface area contributed by atoms with Crippen molar-refractivity contribution >= 4 is 17.3 Å². The van der Waals surface area contributed by atoms with Crippen molar-refractivity contribution in [2.45, 2.75) is 25.4 Å². The van der Waals surface area contributed by atoms with Crippen molar-refractivity contribution in [1.29, 1.82) is 0 Å². The van der Waals surface area contributed by atoms with Gasteiger partial charge in [-0.1, -0.05) is 0 Å². The van der Waals surface area contributed by atoms with E-state index >= 15 is 0 Å². The normalized spacial score (nSPS) is 22.8. The lowest BCUT2D eigenvalue weighted by Crippen LogP contribution is -2.33. The first kappa shape index (κ1) is 12.2. The fourth-order valence-electron chi connectivity index (χ4n) is 2.37. The Morgan fingerprint density at radius 1 is 1.58 bits per heavy atom. The number of nitrogens with zero attached hydrogens (tertiary/aromatic N) is 3. The van der Waals surface area contributed by atoms with Crippen LogP contribution in [0.5, 0.6) is 0 Å². The molecule has 4 N–H and O–H groups in total. The van der Waals surface area contributed by atoms with Crippen molar-refractivity contribution in [3.8, 4) is 0 Å². The Kier molecular flexibility index (Phi) is 3.00. The van der Waals surface area contributed by atoms with Crippen LogP contribution in [0, 0.1) is 0 Å². The van der Waals surface area contributed by atoms with Crippen LogP contribution in [0.2, 0.25) is 0 Å². The van der Waals surface area contributed by atoms with Crippen LogP contribution in [0.15, 0.2) is 18.6 Å². The van der Waals surface area contributed by atoms with E-state index < -0.39 is 0 Å². The zero-order valence-electron chi connectivity index (χ0n) is 10.9. The van der Waals surface area contributed by atoms with Gasteiger partial charge in [0.05, 0.1) is 11.8 Å². The molecule has 1 saturated heterocycles. The van der Waals surface area contributed by atoms with Gasteiger partial charge in [0, 0.05) is 25.5 Å². The third-order valence-electron chi connectivity index (χ3n) is 3.45. The van der Waals surface area contributed by atoms with Crippen LogP contribution in [0.3, 0.4) is 0 Å². The van der Waals surface area contributed by atoms with Crippen LogP contribution in [0.4, 0.5) is 11.6 Å². The summed E-state index contributed by atoms with van der Waals surface area (Å²) in [6, 6.07) is 0. The molecular formula is C12H18N6O. The molecule has 0 radical (unpaired) electrons. The average molecular weight is 262 g/mol. The molecule has 7 heteroatoms. The van der Waals surface area contributed by atoms with Gasteiger partial charge in [0.15, 0.2) is 17.3 Å². The number of nitrogens with two attached hydrogens (primary N) is 1. The molecule has 0 aromatic carbocycles. The van der Waals surface area contributed by atoms with E-state index in [0.717, 1.165) is 25.1 Å². The summed E-state index contributed by atoms with van der Waals surface area (Å²) >= 11 is 0. The Morgan fingerprint density at radius 3 is 3.21 bits per heavy atom. The number of aromatic nitrogens is 3. The molecule has 0 saturated carbocycles. The molecule has 102 valence electrons. The van der Waals surface area contributed by atoms with Gasteiger partial charge < -0.3 is 19.9 Å². The number of nitrogens with one attached hydrogen (secondary N) is 2. The van der Waals surface area contributed by atoms with Crippen molar-refractivity contribution in [3.05, 3.63) is 18.6 Å². The standard InChI is InChI=1S/C12H18N6O/c1-12(3-2-6-19-12)8-15-10-11-14-4-5-18(11)7-9(16-10)17-13/h4-5,7,17H,2-3,6,8,13H2,1H3,(H,15,16). The monoisotopic (exact) mass is 262 g/mol. The van der Waals surface area contributed by atoms with Crippen LogP contribution in [-0.4, -0.2) is 33.1 Å². The second-order valence-corrected chi connectivity index (χ2v) is 5.03. The van der Waals surface area contributed by atoms with Gasteiger partial charge in [-0.25, -0.2) is 15.8 Å². The molecule has 0 amide bonds. The van der Waals surface area contributed by atoms with Gasteiger partial charge in [-0.3, -0.25) is 0 Å². The van der Waals surface area contributed by atoms with Crippen molar-refractivity contribution in [2.75, 3.05) is 23.9 Å². The van der Waals surface area contributed by atoms with E-state index in [-0.39, 0.29) is 5.60 Å². The largest absolute Gasteiger partial charge is 0.373 e. The number of rotatable bonds is 4. The fraction of sp³-hybridized carbons (Fsp3) is 0.500. The van der Waals surface area contributed by atoms with Crippen LogP contribution >= 0.6 is 0 Å². The Bertz CT molecular complexity index is 575. The smallest absolute Gasteiger partial charge is 0.180 e. The summed E-state index contributed by atoms with van der Waals surface area (Å²) in [5.41, 5.74) is 3.21. The second kappa shape index (κ2) is 4.67. The summed E-state index contributed by atoms with van der Waals surface area (Å²) in [4.78, 5) is 8.69. The summed E-state index contributed by atoms with van der Waals surface area (Å²) in [5, 5.41) is 3.32. The zero-order valence-corrected chi connectivity index (χ0v) is 10.9. The zero-order chi connectivity index (χ0) is 13.3. The predicted molar refractivity (Wildman–Crippen MR) is 72.9 cm³/mol. The quantitative estimate of drug-likeness (QED) is 0.562. The minimum atomic E-state index is -0.128. The van der Waals surface area contributed by atoms with Crippen LogP contribution < -0.4 is 16.6 Å². The molecule has 3 heterocycles. The highest BCUT2D eigenvalue weighted by molar-refractivity contribution is 5.65. The number of hydrogen-bond acceptors (Lipinski definition) is 6. The van der Waals surface area contributed by atoms with E-state index in [1.54, 1.807) is 12.4 Å².